The third-order valence-electron chi connectivity index (χ3n) is 4.23. The maximum Gasteiger partial charge on any atom is 0.329 e. The minimum absolute atomic E-state index is 0.0555. The number of hydrogen-bond donors (Lipinski definition) is 0. The van der Waals surface area contributed by atoms with Crippen molar-refractivity contribution in [3.8, 4) is 6.07 Å². The monoisotopic (exact) mass is 291 g/mol. The van der Waals surface area contributed by atoms with E-state index >= 15 is 0 Å². The average molecular weight is 291 g/mol. The normalized spacial score (nSPS) is 11.5. The van der Waals surface area contributed by atoms with E-state index in [9.17, 15) is 0 Å². The molecule has 4 heteroatoms. The smallest absolute Gasteiger partial charge is 0.323 e. The summed E-state index contributed by atoms with van der Waals surface area (Å²) in [6.45, 7) is 6.67. The summed E-state index contributed by atoms with van der Waals surface area (Å²) in [6.07, 6.45) is 12.1. The zero-order valence-corrected chi connectivity index (χ0v) is 13.8. The number of nitriles is 1. The van der Waals surface area contributed by atoms with Crippen molar-refractivity contribution in [3.05, 3.63) is 11.7 Å². The first-order valence-corrected chi connectivity index (χ1v) is 8.40. The number of nitrogens with zero attached hydrogens (tertiary/aromatic N) is 3. The molecule has 0 aromatic carbocycles. The molecule has 0 aliphatic heterocycles. The molecule has 1 aromatic heterocycles. The Kier molecular flexibility index (Phi) is 8.04. The zero-order valence-electron chi connectivity index (χ0n) is 13.8. The van der Waals surface area contributed by atoms with Crippen LogP contribution >= 0.6 is 0 Å². The molecule has 0 saturated heterocycles. The molecule has 1 heterocycles. The SMILES string of the molecule is CCCCCCC(C)(CCCCCC)c1noc(C#N)n1. The Hall–Kier alpha value is -1.37. The third-order valence-corrected chi connectivity index (χ3v) is 4.23. The predicted octanol–water partition coefficient (Wildman–Crippen LogP) is 5.14. The number of hydrogen-bond acceptors (Lipinski definition) is 4. The van der Waals surface area contributed by atoms with Crippen molar-refractivity contribution in [1.82, 2.24) is 10.1 Å². The highest BCUT2D eigenvalue weighted by atomic mass is 16.5. The number of unbranched alkanes of at least 4 members (excludes halogenated alkanes) is 6. The molecule has 0 atom stereocenters. The van der Waals surface area contributed by atoms with Crippen molar-refractivity contribution < 1.29 is 4.52 Å². The fourth-order valence-electron chi connectivity index (χ4n) is 2.75. The zero-order chi connectivity index (χ0) is 15.6. The Bertz CT molecular complexity index is 421. The Balaban J connectivity index is 2.65. The van der Waals surface area contributed by atoms with E-state index in [-0.39, 0.29) is 11.3 Å². The molecule has 0 unspecified atom stereocenters. The summed E-state index contributed by atoms with van der Waals surface area (Å²) in [5, 5.41) is 12.9. The summed E-state index contributed by atoms with van der Waals surface area (Å²) >= 11 is 0. The minimum atomic E-state index is -0.0555. The molecule has 1 rings (SSSR count). The second kappa shape index (κ2) is 9.55. The van der Waals surface area contributed by atoms with Gasteiger partial charge in [0.05, 0.1) is 0 Å². The van der Waals surface area contributed by atoms with E-state index in [0.29, 0.717) is 5.82 Å². The lowest BCUT2D eigenvalue weighted by Crippen LogP contribution is -2.24. The van der Waals surface area contributed by atoms with Crippen molar-refractivity contribution in [2.75, 3.05) is 0 Å². The van der Waals surface area contributed by atoms with E-state index in [2.05, 4.69) is 30.9 Å². The van der Waals surface area contributed by atoms with E-state index in [1.54, 1.807) is 0 Å². The summed E-state index contributed by atoms with van der Waals surface area (Å²) in [5.41, 5.74) is -0.0555. The maximum absolute atomic E-state index is 8.86. The molecule has 1 aromatic rings. The summed E-state index contributed by atoms with van der Waals surface area (Å²) in [7, 11) is 0. The van der Waals surface area contributed by atoms with Gasteiger partial charge in [-0.1, -0.05) is 77.3 Å². The Labute approximate surface area is 128 Å². The number of aromatic nitrogens is 2. The lowest BCUT2D eigenvalue weighted by atomic mass is 9.79. The minimum Gasteiger partial charge on any atom is -0.323 e. The van der Waals surface area contributed by atoms with Crippen molar-refractivity contribution >= 4 is 0 Å². The number of rotatable bonds is 11. The summed E-state index contributed by atoms with van der Waals surface area (Å²) < 4.78 is 4.99. The first-order chi connectivity index (χ1) is 10.2. The lowest BCUT2D eigenvalue weighted by molar-refractivity contribution is 0.321. The van der Waals surface area contributed by atoms with Gasteiger partial charge in [0.25, 0.3) is 0 Å². The molecule has 21 heavy (non-hydrogen) atoms. The second-order valence-corrected chi connectivity index (χ2v) is 6.22. The van der Waals surface area contributed by atoms with Gasteiger partial charge in [0, 0.05) is 5.41 Å². The second-order valence-electron chi connectivity index (χ2n) is 6.22. The highest BCUT2D eigenvalue weighted by Gasteiger charge is 2.31. The molecule has 0 N–H and O–H groups in total. The van der Waals surface area contributed by atoms with Crippen LogP contribution in [-0.2, 0) is 5.41 Å². The summed E-state index contributed by atoms with van der Waals surface area (Å²) in [5.74, 6) is 0.797. The van der Waals surface area contributed by atoms with Gasteiger partial charge in [-0.05, 0) is 12.8 Å². The van der Waals surface area contributed by atoms with Crippen LogP contribution in [0.4, 0.5) is 0 Å². The molecule has 0 radical (unpaired) electrons. The van der Waals surface area contributed by atoms with E-state index in [4.69, 9.17) is 9.78 Å². The van der Waals surface area contributed by atoms with Gasteiger partial charge >= 0.3 is 5.89 Å². The molecule has 0 saturated carbocycles. The first-order valence-electron chi connectivity index (χ1n) is 8.40. The van der Waals surface area contributed by atoms with Crippen LogP contribution in [0.25, 0.3) is 0 Å². The molecule has 0 bridgehead atoms. The summed E-state index contributed by atoms with van der Waals surface area (Å²) in [4.78, 5) is 4.26. The highest BCUT2D eigenvalue weighted by Crippen LogP contribution is 2.33. The lowest BCUT2D eigenvalue weighted by Gasteiger charge is -2.26. The van der Waals surface area contributed by atoms with Crippen LogP contribution in [0.1, 0.15) is 96.7 Å². The van der Waals surface area contributed by atoms with Crippen LogP contribution < -0.4 is 0 Å². The van der Waals surface area contributed by atoms with E-state index < -0.39 is 0 Å². The van der Waals surface area contributed by atoms with E-state index in [1.807, 2.05) is 6.07 Å². The third kappa shape index (κ3) is 5.87. The molecule has 0 aliphatic rings. The molecule has 0 spiro atoms. The highest BCUT2D eigenvalue weighted by molar-refractivity contribution is 5.11. The van der Waals surface area contributed by atoms with Crippen LogP contribution in [0.5, 0.6) is 0 Å². The molecule has 0 fully saturated rings. The maximum atomic E-state index is 8.86. The van der Waals surface area contributed by atoms with Crippen molar-refractivity contribution in [2.45, 2.75) is 90.4 Å². The largest absolute Gasteiger partial charge is 0.329 e. The molecule has 0 amide bonds. The van der Waals surface area contributed by atoms with Crippen LogP contribution in [0, 0.1) is 11.3 Å². The molecule has 118 valence electrons. The molecule has 0 aliphatic carbocycles. The fourth-order valence-corrected chi connectivity index (χ4v) is 2.75. The first kappa shape index (κ1) is 17.7. The Morgan fingerprint density at radius 3 is 2.00 bits per heavy atom. The van der Waals surface area contributed by atoms with Gasteiger partial charge in [0.2, 0.25) is 0 Å². The topological polar surface area (TPSA) is 62.7 Å². The van der Waals surface area contributed by atoms with Gasteiger partial charge in [-0.2, -0.15) is 10.2 Å². The van der Waals surface area contributed by atoms with Crippen molar-refractivity contribution in [2.24, 2.45) is 0 Å². The summed E-state index contributed by atoms with van der Waals surface area (Å²) in [6, 6.07) is 1.93. The Morgan fingerprint density at radius 2 is 1.57 bits per heavy atom. The quantitative estimate of drug-likeness (QED) is 0.529. The van der Waals surface area contributed by atoms with Crippen molar-refractivity contribution in [1.29, 1.82) is 5.26 Å². The molecular formula is C17H29N3O. The van der Waals surface area contributed by atoms with Gasteiger partial charge < -0.3 is 4.52 Å². The van der Waals surface area contributed by atoms with Gasteiger partial charge in [0.15, 0.2) is 11.9 Å². The van der Waals surface area contributed by atoms with Gasteiger partial charge in [-0.25, -0.2) is 0 Å². The average Bonchev–Trinajstić information content (AvgIpc) is 2.98. The van der Waals surface area contributed by atoms with Crippen LogP contribution in [0.3, 0.4) is 0 Å². The Morgan fingerprint density at radius 1 is 1.00 bits per heavy atom. The standard InChI is InChI=1S/C17H29N3O/c1-4-6-8-10-12-17(3,13-11-9-7-5-2)16-19-15(14-18)21-20-16/h4-13H2,1-3H3. The van der Waals surface area contributed by atoms with Gasteiger partial charge in [0.1, 0.15) is 0 Å². The fraction of sp³-hybridized carbons (Fsp3) is 0.824. The van der Waals surface area contributed by atoms with Crippen molar-refractivity contribution in [3.63, 3.8) is 0 Å². The van der Waals surface area contributed by atoms with Gasteiger partial charge in [-0.3, -0.25) is 0 Å². The van der Waals surface area contributed by atoms with Gasteiger partial charge in [-0.15, -0.1) is 0 Å². The molecule has 4 nitrogen and oxygen atoms in total. The van der Waals surface area contributed by atoms with E-state index in [0.717, 1.165) is 12.8 Å². The van der Waals surface area contributed by atoms with Crippen LogP contribution in [0.15, 0.2) is 4.52 Å². The van der Waals surface area contributed by atoms with Crippen LogP contribution in [0.2, 0.25) is 0 Å². The molecular weight excluding hydrogens is 262 g/mol. The van der Waals surface area contributed by atoms with E-state index in [1.165, 1.54) is 51.4 Å². The van der Waals surface area contributed by atoms with Crippen LogP contribution in [-0.4, -0.2) is 10.1 Å². The predicted molar refractivity (Wildman–Crippen MR) is 83.9 cm³/mol.